The van der Waals surface area contributed by atoms with E-state index >= 15 is 0 Å². The van der Waals surface area contributed by atoms with Gasteiger partial charge in [0, 0.05) is 30.9 Å². The highest BCUT2D eigenvalue weighted by Gasteiger charge is 2.12. The van der Waals surface area contributed by atoms with Gasteiger partial charge in [-0.25, -0.2) is 13.8 Å². The average Bonchev–Trinajstić information content (AvgIpc) is 2.88. The first-order valence-electron chi connectivity index (χ1n) is 5.59. The van der Waals surface area contributed by atoms with Gasteiger partial charge in [-0.15, -0.1) is 0 Å². The van der Waals surface area contributed by atoms with Crippen LogP contribution in [0, 0.1) is 11.6 Å². The number of carbonyl (C=O) groups is 1. The van der Waals surface area contributed by atoms with Crippen LogP contribution in [-0.4, -0.2) is 22.4 Å². The molecule has 1 amide bonds. The number of nitrogens with two attached hydrogens (primary N) is 1. The zero-order valence-corrected chi connectivity index (χ0v) is 9.91. The van der Waals surface area contributed by atoms with Crippen LogP contribution in [0.3, 0.4) is 0 Å². The average molecular weight is 266 g/mol. The molecule has 0 unspecified atom stereocenters. The molecule has 0 bridgehead atoms. The molecule has 100 valence electrons. The summed E-state index contributed by atoms with van der Waals surface area (Å²) >= 11 is 0. The van der Waals surface area contributed by atoms with Crippen LogP contribution in [-0.2, 0) is 6.42 Å². The van der Waals surface area contributed by atoms with Crippen LogP contribution in [0.1, 0.15) is 16.2 Å². The van der Waals surface area contributed by atoms with Crippen molar-refractivity contribution in [3.63, 3.8) is 0 Å². The van der Waals surface area contributed by atoms with Gasteiger partial charge in [-0.1, -0.05) is 0 Å². The summed E-state index contributed by atoms with van der Waals surface area (Å²) in [7, 11) is 0. The lowest BCUT2D eigenvalue weighted by molar-refractivity contribution is 0.0953. The van der Waals surface area contributed by atoms with E-state index in [0.717, 1.165) is 18.0 Å². The normalized spacial score (nSPS) is 10.4. The minimum absolute atomic E-state index is 0.108. The Hall–Kier alpha value is -2.44. The van der Waals surface area contributed by atoms with Crippen molar-refractivity contribution < 1.29 is 13.6 Å². The molecule has 1 aromatic heterocycles. The highest BCUT2D eigenvalue weighted by atomic mass is 19.1. The van der Waals surface area contributed by atoms with Crippen molar-refractivity contribution in [2.75, 3.05) is 12.3 Å². The third-order valence-electron chi connectivity index (χ3n) is 2.54. The summed E-state index contributed by atoms with van der Waals surface area (Å²) in [5.74, 6) is -1.74. The summed E-state index contributed by atoms with van der Waals surface area (Å²) in [6.07, 6.45) is 3.77. The molecule has 1 aromatic carbocycles. The van der Waals surface area contributed by atoms with Gasteiger partial charge >= 0.3 is 0 Å². The second kappa shape index (κ2) is 5.47. The number of aromatic nitrogens is 2. The molecule has 2 aromatic rings. The molecular weight excluding hydrogens is 254 g/mol. The van der Waals surface area contributed by atoms with Gasteiger partial charge in [-0.3, -0.25) is 4.79 Å². The molecule has 0 aliphatic rings. The number of imidazole rings is 1. The molecule has 5 nitrogen and oxygen atoms in total. The molecule has 0 saturated carbocycles. The lowest BCUT2D eigenvalue weighted by Gasteiger charge is -2.06. The standard InChI is InChI=1S/C12H12F2N4O/c13-8-5-7(6-9(14)11(8)15)12(19)18-2-1-10-16-3-4-17-10/h3-6H,1-2,15H2,(H,16,17)(H,18,19). The first-order valence-corrected chi connectivity index (χ1v) is 5.59. The predicted octanol–water partition coefficient (Wildman–Crippen LogP) is 1.24. The van der Waals surface area contributed by atoms with Crippen molar-refractivity contribution in [1.29, 1.82) is 0 Å². The van der Waals surface area contributed by atoms with E-state index in [1.54, 1.807) is 12.4 Å². The smallest absolute Gasteiger partial charge is 0.251 e. The number of H-pyrrole nitrogens is 1. The maximum Gasteiger partial charge on any atom is 0.251 e. The number of aromatic amines is 1. The van der Waals surface area contributed by atoms with Gasteiger partial charge in [0.2, 0.25) is 0 Å². The molecule has 19 heavy (non-hydrogen) atoms. The van der Waals surface area contributed by atoms with Crippen LogP contribution in [0.4, 0.5) is 14.5 Å². The molecule has 0 radical (unpaired) electrons. The summed E-state index contributed by atoms with van der Waals surface area (Å²) in [5.41, 5.74) is 4.42. The fraction of sp³-hybridized carbons (Fsp3) is 0.167. The van der Waals surface area contributed by atoms with Gasteiger partial charge in [-0.05, 0) is 12.1 Å². The maximum atomic E-state index is 13.2. The summed E-state index contributed by atoms with van der Waals surface area (Å²) < 4.78 is 26.4. The number of nitrogens with zero attached hydrogens (tertiary/aromatic N) is 1. The minimum atomic E-state index is -0.948. The molecule has 0 atom stereocenters. The molecule has 7 heteroatoms. The van der Waals surface area contributed by atoms with Gasteiger partial charge in [0.05, 0.1) is 0 Å². The molecule has 0 fully saturated rings. The van der Waals surface area contributed by atoms with E-state index in [0.29, 0.717) is 13.0 Å². The van der Waals surface area contributed by atoms with Crippen molar-refractivity contribution >= 4 is 11.6 Å². The Morgan fingerprint density at radius 3 is 2.63 bits per heavy atom. The van der Waals surface area contributed by atoms with E-state index in [9.17, 15) is 13.6 Å². The Morgan fingerprint density at radius 1 is 1.37 bits per heavy atom. The van der Waals surface area contributed by atoms with Gasteiger partial charge in [0.15, 0.2) is 0 Å². The number of anilines is 1. The summed E-state index contributed by atoms with van der Waals surface area (Å²) in [5, 5.41) is 2.54. The van der Waals surface area contributed by atoms with Crippen molar-refractivity contribution in [2.24, 2.45) is 0 Å². The molecule has 0 saturated heterocycles. The lowest BCUT2D eigenvalue weighted by Crippen LogP contribution is -2.26. The molecule has 2 rings (SSSR count). The molecule has 0 spiro atoms. The number of hydrogen-bond donors (Lipinski definition) is 3. The number of halogens is 2. The Kier molecular flexibility index (Phi) is 3.74. The Labute approximate surface area is 107 Å². The van der Waals surface area contributed by atoms with E-state index in [4.69, 9.17) is 5.73 Å². The molecule has 0 aliphatic heterocycles. The van der Waals surface area contributed by atoms with Crippen LogP contribution >= 0.6 is 0 Å². The van der Waals surface area contributed by atoms with E-state index in [2.05, 4.69) is 15.3 Å². The summed E-state index contributed by atoms with van der Waals surface area (Å²) in [6, 6.07) is 1.81. The molecular formula is C12H12F2N4O. The SMILES string of the molecule is Nc1c(F)cc(C(=O)NCCc2ncc[nH]2)cc1F. The Morgan fingerprint density at radius 2 is 2.05 bits per heavy atom. The second-order valence-electron chi connectivity index (χ2n) is 3.90. The fourth-order valence-corrected chi connectivity index (χ4v) is 1.55. The number of amides is 1. The minimum Gasteiger partial charge on any atom is -0.394 e. The molecule has 4 N–H and O–H groups in total. The van der Waals surface area contributed by atoms with Crippen LogP contribution in [0.5, 0.6) is 0 Å². The van der Waals surface area contributed by atoms with Gasteiger partial charge in [0.25, 0.3) is 5.91 Å². The Balaban J connectivity index is 1.96. The van der Waals surface area contributed by atoms with Gasteiger partial charge < -0.3 is 16.0 Å². The topological polar surface area (TPSA) is 83.8 Å². The van der Waals surface area contributed by atoms with Crippen LogP contribution < -0.4 is 11.1 Å². The first-order chi connectivity index (χ1) is 9.08. The third kappa shape index (κ3) is 3.06. The summed E-state index contributed by atoms with van der Waals surface area (Å²) in [4.78, 5) is 18.5. The van der Waals surface area contributed by atoms with Crippen molar-refractivity contribution in [2.45, 2.75) is 6.42 Å². The van der Waals surface area contributed by atoms with Crippen molar-refractivity contribution in [3.05, 3.63) is 47.5 Å². The van der Waals surface area contributed by atoms with Gasteiger partial charge in [-0.2, -0.15) is 0 Å². The third-order valence-corrected chi connectivity index (χ3v) is 2.54. The van der Waals surface area contributed by atoms with E-state index in [1.165, 1.54) is 0 Å². The lowest BCUT2D eigenvalue weighted by atomic mass is 10.1. The van der Waals surface area contributed by atoms with Crippen LogP contribution in [0.15, 0.2) is 24.5 Å². The van der Waals surface area contributed by atoms with Crippen LogP contribution in [0.2, 0.25) is 0 Å². The van der Waals surface area contributed by atoms with Gasteiger partial charge in [0.1, 0.15) is 23.1 Å². The first kappa shape index (κ1) is 13.0. The van der Waals surface area contributed by atoms with E-state index in [-0.39, 0.29) is 5.56 Å². The van der Waals surface area contributed by atoms with Crippen molar-refractivity contribution in [1.82, 2.24) is 15.3 Å². The maximum absolute atomic E-state index is 13.2. The highest BCUT2D eigenvalue weighted by Crippen LogP contribution is 2.17. The number of rotatable bonds is 4. The molecule has 0 aliphatic carbocycles. The Bertz CT molecular complexity index is 560. The zero-order valence-electron chi connectivity index (χ0n) is 9.91. The fourth-order valence-electron chi connectivity index (χ4n) is 1.55. The van der Waals surface area contributed by atoms with Crippen molar-refractivity contribution in [3.8, 4) is 0 Å². The zero-order chi connectivity index (χ0) is 13.8. The number of hydrogen-bond acceptors (Lipinski definition) is 3. The number of nitrogen functional groups attached to an aromatic ring is 1. The monoisotopic (exact) mass is 266 g/mol. The number of carbonyl (C=O) groups excluding carboxylic acids is 1. The quantitative estimate of drug-likeness (QED) is 0.728. The highest BCUT2D eigenvalue weighted by molar-refractivity contribution is 5.94. The number of nitrogens with one attached hydrogen (secondary N) is 2. The van der Waals surface area contributed by atoms with E-state index < -0.39 is 23.2 Å². The predicted molar refractivity (Wildman–Crippen MR) is 65.4 cm³/mol. The van der Waals surface area contributed by atoms with Crippen LogP contribution in [0.25, 0.3) is 0 Å². The van der Waals surface area contributed by atoms with E-state index in [1.807, 2.05) is 0 Å². The summed E-state index contributed by atoms with van der Waals surface area (Å²) in [6.45, 7) is 0.306. The second-order valence-corrected chi connectivity index (χ2v) is 3.90. The largest absolute Gasteiger partial charge is 0.394 e. The number of benzene rings is 1. The molecule has 1 heterocycles.